The molecule has 1 saturated heterocycles. The van der Waals surface area contributed by atoms with Crippen molar-refractivity contribution in [3.8, 4) is 11.4 Å². The first-order valence-corrected chi connectivity index (χ1v) is 9.12. The Hall–Kier alpha value is -2.05. The van der Waals surface area contributed by atoms with Crippen LogP contribution in [0.5, 0.6) is 0 Å². The minimum absolute atomic E-state index is 0.687. The van der Waals surface area contributed by atoms with Gasteiger partial charge in [-0.25, -0.2) is 9.97 Å². The number of thiazole rings is 1. The zero-order valence-corrected chi connectivity index (χ0v) is 14.8. The maximum Gasteiger partial charge on any atom is 0.140 e. The number of rotatable bonds is 5. The van der Waals surface area contributed by atoms with E-state index in [1.54, 1.807) is 11.3 Å². The highest BCUT2D eigenvalue weighted by atomic mass is 32.1. The number of aromatic nitrogens is 4. The molecule has 124 valence electrons. The molecule has 4 rings (SSSR count). The van der Waals surface area contributed by atoms with Gasteiger partial charge in [0.15, 0.2) is 0 Å². The van der Waals surface area contributed by atoms with Gasteiger partial charge in [0.2, 0.25) is 0 Å². The van der Waals surface area contributed by atoms with Crippen LogP contribution in [-0.4, -0.2) is 37.5 Å². The molecule has 0 unspecified atom stereocenters. The van der Waals surface area contributed by atoms with Gasteiger partial charge < -0.3 is 4.57 Å². The second-order valence-electron chi connectivity index (χ2n) is 6.49. The SMILES string of the molecule is Cc1ncsc1CN1CC(Cn2c(C)cnc2-c2ccncc2)C1. The van der Waals surface area contributed by atoms with Crippen molar-refractivity contribution in [2.24, 2.45) is 5.92 Å². The Balaban J connectivity index is 1.41. The van der Waals surface area contributed by atoms with Crippen molar-refractivity contribution in [2.75, 3.05) is 13.1 Å². The lowest BCUT2D eigenvalue weighted by Gasteiger charge is -2.39. The molecule has 1 aliphatic rings. The Labute approximate surface area is 146 Å². The number of pyridine rings is 1. The van der Waals surface area contributed by atoms with E-state index in [9.17, 15) is 0 Å². The molecule has 0 aromatic carbocycles. The Morgan fingerprint density at radius 2 is 1.96 bits per heavy atom. The quantitative estimate of drug-likeness (QED) is 0.716. The Morgan fingerprint density at radius 1 is 1.17 bits per heavy atom. The molecular formula is C18H21N5S. The van der Waals surface area contributed by atoms with Crippen molar-refractivity contribution in [3.05, 3.63) is 52.5 Å². The molecule has 5 nitrogen and oxygen atoms in total. The van der Waals surface area contributed by atoms with Gasteiger partial charge in [0.25, 0.3) is 0 Å². The van der Waals surface area contributed by atoms with Crippen molar-refractivity contribution >= 4 is 11.3 Å². The van der Waals surface area contributed by atoms with Gasteiger partial charge in [0, 0.05) is 66.8 Å². The highest BCUT2D eigenvalue weighted by Crippen LogP contribution is 2.26. The lowest BCUT2D eigenvalue weighted by molar-refractivity contribution is 0.0811. The van der Waals surface area contributed by atoms with E-state index in [0.717, 1.165) is 37.6 Å². The number of hydrogen-bond donors (Lipinski definition) is 0. The first-order chi connectivity index (χ1) is 11.7. The monoisotopic (exact) mass is 339 g/mol. The summed E-state index contributed by atoms with van der Waals surface area (Å²) in [7, 11) is 0. The lowest BCUT2D eigenvalue weighted by atomic mass is 9.99. The van der Waals surface area contributed by atoms with Gasteiger partial charge in [-0.2, -0.15) is 0 Å². The zero-order valence-electron chi connectivity index (χ0n) is 14.0. The summed E-state index contributed by atoms with van der Waals surface area (Å²) >= 11 is 1.76. The van der Waals surface area contributed by atoms with E-state index in [4.69, 9.17) is 0 Å². The summed E-state index contributed by atoms with van der Waals surface area (Å²) in [6, 6.07) is 4.05. The van der Waals surface area contributed by atoms with E-state index in [2.05, 4.69) is 38.3 Å². The van der Waals surface area contributed by atoms with Crippen LogP contribution in [0.15, 0.2) is 36.2 Å². The number of hydrogen-bond acceptors (Lipinski definition) is 5. The molecule has 0 atom stereocenters. The van der Waals surface area contributed by atoms with Crippen LogP contribution >= 0.6 is 11.3 Å². The van der Waals surface area contributed by atoms with Crippen LogP contribution in [0.3, 0.4) is 0 Å². The number of nitrogens with zero attached hydrogens (tertiary/aromatic N) is 5. The summed E-state index contributed by atoms with van der Waals surface area (Å²) in [5.74, 6) is 1.73. The van der Waals surface area contributed by atoms with Crippen LogP contribution in [0.1, 0.15) is 16.3 Å². The van der Waals surface area contributed by atoms with Gasteiger partial charge in [-0.1, -0.05) is 0 Å². The minimum Gasteiger partial charge on any atom is -0.328 e. The van der Waals surface area contributed by atoms with Gasteiger partial charge in [-0.05, 0) is 26.0 Å². The van der Waals surface area contributed by atoms with Crippen LogP contribution in [0.25, 0.3) is 11.4 Å². The molecule has 0 bridgehead atoms. The molecule has 4 heterocycles. The van der Waals surface area contributed by atoms with E-state index >= 15 is 0 Å². The molecule has 0 saturated carbocycles. The molecule has 0 amide bonds. The molecule has 3 aromatic rings. The van der Waals surface area contributed by atoms with Gasteiger partial charge in [0.1, 0.15) is 5.82 Å². The third kappa shape index (κ3) is 2.99. The zero-order chi connectivity index (χ0) is 16.5. The summed E-state index contributed by atoms with van der Waals surface area (Å²) in [4.78, 5) is 16.9. The average molecular weight is 339 g/mol. The van der Waals surface area contributed by atoms with Crippen molar-refractivity contribution in [1.82, 2.24) is 24.4 Å². The summed E-state index contributed by atoms with van der Waals surface area (Å²) in [6.45, 7) is 8.58. The van der Waals surface area contributed by atoms with Crippen molar-refractivity contribution in [3.63, 3.8) is 0 Å². The maximum atomic E-state index is 4.60. The molecule has 0 radical (unpaired) electrons. The smallest absolute Gasteiger partial charge is 0.140 e. The molecule has 0 spiro atoms. The standard InChI is InChI=1S/C18H21N5S/c1-13-7-20-18(16-3-5-19-6-4-16)23(13)10-15-8-22(9-15)11-17-14(2)21-12-24-17/h3-7,12,15H,8-11H2,1-2H3. The molecule has 1 aliphatic heterocycles. The topological polar surface area (TPSA) is 46.8 Å². The van der Waals surface area contributed by atoms with E-state index in [1.807, 2.05) is 36.2 Å². The van der Waals surface area contributed by atoms with Gasteiger partial charge in [0.05, 0.1) is 11.2 Å². The minimum atomic E-state index is 0.687. The van der Waals surface area contributed by atoms with E-state index in [0.29, 0.717) is 5.92 Å². The summed E-state index contributed by atoms with van der Waals surface area (Å²) < 4.78 is 2.34. The summed E-state index contributed by atoms with van der Waals surface area (Å²) in [6.07, 6.45) is 5.62. The normalized spacial score (nSPS) is 15.6. The lowest BCUT2D eigenvalue weighted by Crippen LogP contribution is -2.47. The fraction of sp³-hybridized carbons (Fsp3) is 0.389. The van der Waals surface area contributed by atoms with Crippen molar-refractivity contribution < 1.29 is 0 Å². The second kappa shape index (κ2) is 6.45. The average Bonchev–Trinajstić information content (AvgIpc) is 3.13. The molecule has 0 N–H and O–H groups in total. The first-order valence-electron chi connectivity index (χ1n) is 8.24. The highest BCUT2D eigenvalue weighted by molar-refractivity contribution is 7.09. The number of imidazole rings is 1. The Morgan fingerprint density at radius 3 is 2.67 bits per heavy atom. The molecule has 6 heteroatoms. The molecular weight excluding hydrogens is 318 g/mol. The maximum absolute atomic E-state index is 4.60. The Kier molecular flexibility index (Phi) is 4.16. The van der Waals surface area contributed by atoms with E-state index in [-0.39, 0.29) is 0 Å². The predicted molar refractivity (Wildman–Crippen MR) is 95.8 cm³/mol. The van der Waals surface area contributed by atoms with Crippen molar-refractivity contribution in [1.29, 1.82) is 0 Å². The van der Waals surface area contributed by atoms with Crippen molar-refractivity contribution in [2.45, 2.75) is 26.9 Å². The largest absolute Gasteiger partial charge is 0.328 e. The predicted octanol–water partition coefficient (Wildman–Crippen LogP) is 3.15. The van der Waals surface area contributed by atoms with Gasteiger partial charge in [-0.15, -0.1) is 11.3 Å². The first kappa shape index (κ1) is 15.5. The fourth-order valence-corrected chi connectivity index (χ4v) is 4.10. The second-order valence-corrected chi connectivity index (χ2v) is 7.43. The number of aryl methyl sites for hydroxylation is 2. The molecule has 0 aliphatic carbocycles. The van der Waals surface area contributed by atoms with Crippen LogP contribution in [0.2, 0.25) is 0 Å². The van der Waals surface area contributed by atoms with E-state index in [1.165, 1.54) is 16.3 Å². The van der Waals surface area contributed by atoms with E-state index < -0.39 is 0 Å². The van der Waals surface area contributed by atoms with Crippen LogP contribution in [-0.2, 0) is 13.1 Å². The Bertz CT molecular complexity index is 817. The summed E-state index contributed by atoms with van der Waals surface area (Å²) in [5.41, 5.74) is 5.47. The highest BCUT2D eigenvalue weighted by Gasteiger charge is 2.28. The molecule has 3 aromatic heterocycles. The number of likely N-dealkylation sites (tertiary alicyclic amines) is 1. The summed E-state index contributed by atoms with van der Waals surface area (Å²) in [5, 5.41) is 0. The van der Waals surface area contributed by atoms with Crippen LogP contribution < -0.4 is 0 Å². The van der Waals surface area contributed by atoms with Crippen LogP contribution in [0.4, 0.5) is 0 Å². The third-order valence-corrected chi connectivity index (χ3v) is 5.60. The fourth-order valence-electron chi connectivity index (χ4n) is 3.28. The van der Waals surface area contributed by atoms with Gasteiger partial charge in [-0.3, -0.25) is 9.88 Å². The molecule has 1 fully saturated rings. The molecule has 24 heavy (non-hydrogen) atoms. The third-order valence-electron chi connectivity index (χ3n) is 4.68. The van der Waals surface area contributed by atoms with Gasteiger partial charge >= 0.3 is 0 Å². The van der Waals surface area contributed by atoms with Crippen LogP contribution in [0, 0.1) is 19.8 Å².